The fourth-order valence-electron chi connectivity index (χ4n) is 3.64. The van der Waals surface area contributed by atoms with Crippen molar-refractivity contribution in [1.82, 2.24) is 0 Å². The van der Waals surface area contributed by atoms with Gasteiger partial charge in [-0.3, -0.25) is 4.79 Å². The summed E-state index contributed by atoms with van der Waals surface area (Å²) in [6.45, 7) is 8.50. The average molecular weight is 182 g/mol. The van der Waals surface area contributed by atoms with Crippen LogP contribution in [0.3, 0.4) is 0 Å². The number of aliphatic carboxylic acids is 1. The van der Waals surface area contributed by atoms with Crippen LogP contribution in [0.4, 0.5) is 0 Å². The summed E-state index contributed by atoms with van der Waals surface area (Å²) in [4.78, 5) is 11.3. The van der Waals surface area contributed by atoms with Gasteiger partial charge in [0.1, 0.15) is 0 Å². The summed E-state index contributed by atoms with van der Waals surface area (Å²) < 4.78 is 0. The molecule has 3 saturated carbocycles. The van der Waals surface area contributed by atoms with Gasteiger partial charge in [-0.15, -0.1) is 0 Å². The van der Waals surface area contributed by atoms with Crippen LogP contribution in [0.25, 0.3) is 0 Å². The minimum absolute atomic E-state index is 0.0104. The Labute approximate surface area is 79.3 Å². The molecule has 0 aromatic heterocycles. The Kier molecular flexibility index (Phi) is 1.35. The number of carbonyl (C=O) groups is 1. The van der Waals surface area contributed by atoms with E-state index >= 15 is 0 Å². The monoisotopic (exact) mass is 182 g/mol. The zero-order valence-electron chi connectivity index (χ0n) is 8.85. The van der Waals surface area contributed by atoms with Gasteiger partial charge in [0.25, 0.3) is 0 Å². The van der Waals surface area contributed by atoms with Crippen molar-refractivity contribution in [1.29, 1.82) is 0 Å². The molecular weight excluding hydrogens is 164 g/mol. The molecule has 0 aromatic rings. The summed E-state index contributed by atoms with van der Waals surface area (Å²) in [6.07, 6.45) is 1.97. The van der Waals surface area contributed by atoms with Gasteiger partial charge in [-0.05, 0) is 36.5 Å². The first-order valence-electron chi connectivity index (χ1n) is 4.99. The maximum Gasteiger partial charge on any atom is 0.309 e. The molecule has 0 amide bonds. The van der Waals surface area contributed by atoms with Crippen LogP contribution in [0, 0.1) is 22.2 Å². The Morgan fingerprint density at radius 2 is 1.77 bits per heavy atom. The lowest BCUT2D eigenvalue weighted by Crippen LogP contribution is -2.52. The molecule has 74 valence electrons. The molecule has 2 bridgehead atoms. The molecule has 1 N–H and O–H groups in total. The SMILES string of the molecule is CC1(C(=O)O)CC2CC1(C)C2(C)C. The molecule has 3 rings (SSSR count). The van der Waals surface area contributed by atoms with Crippen LogP contribution in [-0.2, 0) is 4.79 Å². The molecule has 3 aliphatic rings. The van der Waals surface area contributed by atoms with Crippen molar-refractivity contribution >= 4 is 5.97 Å². The summed E-state index contributed by atoms with van der Waals surface area (Å²) in [5, 5.41) is 9.27. The third kappa shape index (κ3) is 0.660. The Balaban J connectivity index is 2.45. The first-order chi connectivity index (χ1) is 5.76. The van der Waals surface area contributed by atoms with Crippen LogP contribution in [0.1, 0.15) is 40.5 Å². The molecule has 3 unspecified atom stereocenters. The molecule has 3 aliphatic carbocycles. The molecule has 0 spiro atoms. The van der Waals surface area contributed by atoms with Crippen molar-refractivity contribution in [3.05, 3.63) is 0 Å². The first-order valence-corrected chi connectivity index (χ1v) is 4.99. The van der Waals surface area contributed by atoms with E-state index in [4.69, 9.17) is 0 Å². The normalized spacial score (nSPS) is 51.5. The van der Waals surface area contributed by atoms with Crippen molar-refractivity contribution < 1.29 is 9.90 Å². The van der Waals surface area contributed by atoms with Gasteiger partial charge in [0.15, 0.2) is 0 Å². The third-order valence-electron chi connectivity index (χ3n) is 5.44. The van der Waals surface area contributed by atoms with Crippen molar-refractivity contribution in [3.63, 3.8) is 0 Å². The standard InChI is InChI=1S/C11H18O2/c1-9(2)7-5-10(3,8(12)13)11(9,4)6-7/h7H,5-6H2,1-4H3,(H,12,13). The predicted octanol–water partition coefficient (Wildman–Crippen LogP) is 2.53. The fraction of sp³-hybridized carbons (Fsp3) is 0.909. The highest BCUT2D eigenvalue weighted by Crippen LogP contribution is 2.77. The number of carboxylic acids is 1. The minimum Gasteiger partial charge on any atom is -0.481 e. The first kappa shape index (κ1) is 9.04. The van der Waals surface area contributed by atoms with Crippen LogP contribution in [0.15, 0.2) is 0 Å². The molecular formula is C11H18O2. The highest BCUT2D eigenvalue weighted by molar-refractivity contribution is 5.77. The van der Waals surface area contributed by atoms with E-state index in [9.17, 15) is 9.90 Å². The van der Waals surface area contributed by atoms with E-state index in [0.29, 0.717) is 5.92 Å². The maximum atomic E-state index is 11.3. The van der Waals surface area contributed by atoms with Gasteiger partial charge in [-0.1, -0.05) is 20.8 Å². The Hall–Kier alpha value is -0.530. The lowest BCUT2D eigenvalue weighted by atomic mass is 9.47. The van der Waals surface area contributed by atoms with Crippen LogP contribution in [-0.4, -0.2) is 11.1 Å². The topological polar surface area (TPSA) is 37.3 Å². The Morgan fingerprint density at radius 1 is 1.23 bits per heavy atom. The van der Waals surface area contributed by atoms with Crippen LogP contribution >= 0.6 is 0 Å². The smallest absolute Gasteiger partial charge is 0.309 e. The summed E-state index contributed by atoms with van der Waals surface area (Å²) in [5.74, 6) is 0.0154. The highest BCUT2D eigenvalue weighted by Gasteiger charge is 2.74. The van der Waals surface area contributed by atoms with Crippen molar-refractivity contribution in [2.75, 3.05) is 0 Å². The van der Waals surface area contributed by atoms with Gasteiger partial charge < -0.3 is 5.11 Å². The zero-order valence-corrected chi connectivity index (χ0v) is 8.85. The second kappa shape index (κ2) is 1.94. The lowest BCUT2D eigenvalue weighted by molar-refractivity contribution is -0.162. The maximum absolute atomic E-state index is 11.3. The summed E-state index contributed by atoms with van der Waals surface area (Å²) in [6, 6.07) is 0. The number of rotatable bonds is 1. The molecule has 3 fully saturated rings. The highest BCUT2D eigenvalue weighted by atomic mass is 16.4. The fourth-order valence-corrected chi connectivity index (χ4v) is 3.64. The summed E-state index contributed by atoms with van der Waals surface area (Å²) in [5.41, 5.74) is -0.252. The number of hydrogen-bond acceptors (Lipinski definition) is 1. The minimum atomic E-state index is -0.608. The second-order valence-corrected chi connectivity index (χ2v) is 5.80. The molecule has 0 aromatic carbocycles. The number of hydrogen-bond donors (Lipinski definition) is 1. The number of fused-ring (bicyclic) bond motifs is 1. The predicted molar refractivity (Wildman–Crippen MR) is 50.4 cm³/mol. The molecule has 3 atom stereocenters. The van der Waals surface area contributed by atoms with Gasteiger partial charge in [-0.2, -0.15) is 0 Å². The molecule has 13 heavy (non-hydrogen) atoms. The van der Waals surface area contributed by atoms with E-state index in [1.807, 2.05) is 6.92 Å². The Bertz CT molecular complexity index is 282. The van der Waals surface area contributed by atoms with E-state index in [1.165, 1.54) is 0 Å². The van der Waals surface area contributed by atoms with Crippen molar-refractivity contribution in [2.24, 2.45) is 22.2 Å². The molecule has 2 nitrogen and oxygen atoms in total. The lowest BCUT2D eigenvalue weighted by Gasteiger charge is -2.56. The van der Waals surface area contributed by atoms with E-state index in [2.05, 4.69) is 20.8 Å². The molecule has 0 saturated heterocycles. The third-order valence-corrected chi connectivity index (χ3v) is 5.44. The van der Waals surface area contributed by atoms with Crippen molar-refractivity contribution in [2.45, 2.75) is 40.5 Å². The average Bonchev–Trinajstić information content (AvgIpc) is 2.36. The second-order valence-electron chi connectivity index (χ2n) is 5.80. The molecule has 0 radical (unpaired) electrons. The van der Waals surface area contributed by atoms with Crippen LogP contribution in [0.2, 0.25) is 0 Å². The van der Waals surface area contributed by atoms with Gasteiger partial charge in [0, 0.05) is 0 Å². The summed E-state index contributed by atoms with van der Waals surface area (Å²) in [7, 11) is 0. The number of carboxylic acid groups (broad SMARTS) is 1. The molecule has 0 heterocycles. The van der Waals surface area contributed by atoms with Crippen LogP contribution < -0.4 is 0 Å². The van der Waals surface area contributed by atoms with E-state index in [0.717, 1.165) is 12.8 Å². The van der Waals surface area contributed by atoms with E-state index < -0.39 is 11.4 Å². The van der Waals surface area contributed by atoms with Gasteiger partial charge in [-0.25, -0.2) is 0 Å². The van der Waals surface area contributed by atoms with Crippen molar-refractivity contribution in [3.8, 4) is 0 Å². The largest absolute Gasteiger partial charge is 0.481 e. The van der Waals surface area contributed by atoms with E-state index in [-0.39, 0.29) is 10.8 Å². The van der Waals surface area contributed by atoms with Gasteiger partial charge in [0.2, 0.25) is 0 Å². The van der Waals surface area contributed by atoms with Gasteiger partial charge >= 0.3 is 5.97 Å². The quantitative estimate of drug-likeness (QED) is 0.676. The van der Waals surface area contributed by atoms with Crippen LogP contribution in [0.5, 0.6) is 0 Å². The van der Waals surface area contributed by atoms with E-state index in [1.54, 1.807) is 0 Å². The zero-order chi connectivity index (χ0) is 10.1. The van der Waals surface area contributed by atoms with Gasteiger partial charge in [0.05, 0.1) is 5.41 Å². The molecule has 0 aliphatic heterocycles. The Morgan fingerprint density at radius 3 is 1.92 bits per heavy atom. The summed E-state index contributed by atoms with van der Waals surface area (Å²) >= 11 is 0. The molecule has 2 heteroatoms.